The standard InChI is InChI=1S/C9H19N3O3/c1-9(2,7(13)14)12-8(15)11-6-4-5-10-3/h10H,4-6H2,1-3H3,(H,13,14)(H2,11,12,15). The molecule has 0 aliphatic carbocycles. The Kier molecular flexibility index (Phi) is 5.69. The van der Waals surface area contributed by atoms with E-state index in [4.69, 9.17) is 5.11 Å². The molecule has 0 fully saturated rings. The molecule has 6 heteroatoms. The summed E-state index contributed by atoms with van der Waals surface area (Å²) in [6, 6.07) is -0.460. The first kappa shape index (κ1) is 13.7. The van der Waals surface area contributed by atoms with Crippen LogP contribution >= 0.6 is 0 Å². The van der Waals surface area contributed by atoms with Crippen LogP contribution in [0.2, 0.25) is 0 Å². The number of amides is 2. The minimum absolute atomic E-state index is 0.460. The fraction of sp³-hybridized carbons (Fsp3) is 0.778. The van der Waals surface area contributed by atoms with Crippen molar-refractivity contribution in [3.63, 3.8) is 0 Å². The van der Waals surface area contributed by atoms with Crippen LogP contribution in [0.4, 0.5) is 4.79 Å². The van der Waals surface area contributed by atoms with Gasteiger partial charge in [0.05, 0.1) is 0 Å². The molecule has 0 aliphatic rings. The minimum atomic E-state index is -1.24. The normalized spacial score (nSPS) is 10.9. The number of hydrogen-bond donors (Lipinski definition) is 4. The van der Waals surface area contributed by atoms with Gasteiger partial charge in [-0.1, -0.05) is 0 Å². The SMILES string of the molecule is CNCCCNC(=O)NC(C)(C)C(=O)O. The molecule has 0 aromatic carbocycles. The average Bonchev–Trinajstić information content (AvgIpc) is 2.11. The Balaban J connectivity index is 3.79. The monoisotopic (exact) mass is 217 g/mol. The van der Waals surface area contributed by atoms with Gasteiger partial charge in [-0.15, -0.1) is 0 Å². The predicted octanol–water partition coefficient (Wildman–Crippen LogP) is -0.242. The number of urea groups is 1. The first-order valence-corrected chi connectivity index (χ1v) is 4.84. The van der Waals surface area contributed by atoms with Gasteiger partial charge in [0.15, 0.2) is 0 Å². The van der Waals surface area contributed by atoms with Gasteiger partial charge in [-0.3, -0.25) is 0 Å². The van der Waals surface area contributed by atoms with Crippen LogP contribution in [0, 0.1) is 0 Å². The van der Waals surface area contributed by atoms with Crippen molar-refractivity contribution in [3.8, 4) is 0 Å². The molecule has 0 aromatic heterocycles. The smallest absolute Gasteiger partial charge is 0.328 e. The molecular weight excluding hydrogens is 198 g/mol. The molecule has 0 bridgehead atoms. The first-order chi connectivity index (χ1) is 6.90. The van der Waals surface area contributed by atoms with E-state index in [2.05, 4.69) is 16.0 Å². The van der Waals surface area contributed by atoms with Crippen LogP contribution in [0.5, 0.6) is 0 Å². The molecule has 0 heterocycles. The van der Waals surface area contributed by atoms with Crippen molar-refractivity contribution < 1.29 is 14.7 Å². The number of hydrogen-bond acceptors (Lipinski definition) is 3. The first-order valence-electron chi connectivity index (χ1n) is 4.84. The van der Waals surface area contributed by atoms with Crippen LogP contribution in [0.25, 0.3) is 0 Å². The van der Waals surface area contributed by atoms with Gasteiger partial charge in [0, 0.05) is 6.54 Å². The van der Waals surface area contributed by atoms with Crippen molar-refractivity contribution in [2.75, 3.05) is 20.1 Å². The van der Waals surface area contributed by atoms with Gasteiger partial charge in [-0.05, 0) is 33.9 Å². The third-order valence-electron chi connectivity index (χ3n) is 1.85. The van der Waals surface area contributed by atoms with Gasteiger partial charge < -0.3 is 21.1 Å². The van der Waals surface area contributed by atoms with E-state index >= 15 is 0 Å². The number of nitrogens with one attached hydrogen (secondary N) is 3. The van der Waals surface area contributed by atoms with E-state index in [1.54, 1.807) is 0 Å². The van der Waals surface area contributed by atoms with Crippen LogP contribution < -0.4 is 16.0 Å². The molecule has 4 N–H and O–H groups in total. The number of carbonyl (C=O) groups is 2. The molecule has 0 radical (unpaired) electrons. The third kappa shape index (κ3) is 5.90. The van der Waals surface area contributed by atoms with E-state index in [0.717, 1.165) is 13.0 Å². The number of rotatable bonds is 6. The summed E-state index contributed by atoms with van der Waals surface area (Å²) >= 11 is 0. The quantitative estimate of drug-likeness (QED) is 0.462. The van der Waals surface area contributed by atoms with Crippen molar-refractivity contribution in [1.29, 1.82) is 0 Å². The van der Waals surface area contributed by atoms with E-state index in [1.807, 2.05) is 7.05 Å². The summed E-state index contributed by atoms with van der Waals surface area (Å²) in [5.41, 5.74) is -1.24. The molecule has 2 amide bonds. The van der Waals surface area contributed by atoms with Crippen LogP contribution in [-0.2, 0) is 4.79 Å². The number of carboxylic acid groups (broad SMARTS) is 1. The highest BCUT2D eigenvalue weighted by Gasteiger charge is 2.28. The molecule has 0 rings (SSSR count). The number of carboxylic acids is 1. The molecular formula is C9H19N3O3. The number of carbonyl (C=O) groups excluding carboxylic acids is 1. The lowest BCUT2D eigenvalue weighted by molar-refractivity contribution is -0.142. The van der Waals surface area contributed by atoms with E-state index in [0.29, 0.717) is 6.54 Å². The highest BCUT2D eigenvalue weighted by atomic mass is 16.4. The Morgan fingerprint density at radius 3 is 2.33 bits per heavy atom. The average molecular weight is 217 g/mol. The molecule has 0 aliphatic heterocycles. The van der Waals surface area contributed by atoms with E-state index in [-0.39, 0.29) is 0 Å². The largest absolute Gasteiger partial charge is 0.480 e. The maximum absolute atomic E-state index is 11.2. The Hall–Kier alpha value is -1.30. The second kappa shape index (κ2) is 6.23. The summed E-state index contributed by atoms with van der Waals surface area (Å²) < 4.78 is 0. The zero-order chi connectivity index (χ0) is 11.9. The minimum Gasteiger partial charge on any atom is -0.480 e. The van der Waals surface area contributed by atoms with Crippen molar-refractivity contribution in [3.05, 3.63) is 0 Å². The van der Waals surface area contributed by atoms with E-state index in [9.17, 15) is 9.59 Å². The van der Waals surface area contributed by atoms with Gasteiger partial charge in [0.25, 0.3) is 0 Å². The topological polar surface area (TPSA) is 90.5 Å². The molecule has 6 nitrogen and oxygen atoms in total. The fourth-order valence-corrected chi connectivity index (χ4v) is 0.849. The van der Waals surface area contributed by atoms with Crippen LogP contribution in [-0.4, -0.2) is 42.8 Å². The van der Waals surface area contributed by atoms with Crippen molar-refractivity contribution in [2.45, 2.75) is 25.8 Å². The summed E-state index contributed by atoms with van der Waals surface area (Å²) in [7, 11) is 1.83. The molecule has 0 saturated carbocycles. The molecule has 0 saturated heterocycles. The molecule has 0 unspecified atom stereocenters. The highest BCUT2D eigenvalue weighted by Crippen LogP contribution is 2.00. The summed E-state index contributed by atoms with van der Waals surface area (Å²) in [6.45, 7) is 4.19. The van der Waals surface area contributed by atoms with Gasteiger partial charge in [0.1, 0.15) is 5.54 Å². The molecule has 0 aromatic rings. The zero-order valence-electron chi connectivity index (χ0n) is 9.39. The maximum Gasteiger partial charge on any atom is 0.328 e. The van der Waals surface area contributed by atoms with E-state index < -0.39 is 17.5 Å². The van der Waals surface area contributed by atoms with Gasteiger partial charge in [0.2, 0.25) is 0 Å². The maximum atomic E-state index is 11.2. The van der Waals surface area contributed by atoms with Crippen molar-refractivity contribution in [1.82, 2.24) is 16.0 Å². The Bertz CT molecular complexity index is 229. The lowest BCUT2D eigenvalue weighted by Gasteiger charge is -2.21. The van der Waals surface area contributed by atoms with Crippen LogP contribution in [0.3, 0.4) is 0 Å². The van der Waals surface area contributed by atoms with Crippen molar-refractivity contribution >= 4 is 12.0 Å². The molecule has 0 atom stereocenters. The molecule has 0 spiro atoms. The van der Waals surface area contributed by atoms with Gasteiger partial charge in [-0.25, -0.2) is 9.59 Å². The summed E-state index contributed by atoms with van der Waals surface area (Å²) in [5.74, 6) is -1.06. The second-order valence-corrected chi connectivity index (χ2v) is 3.77. The lowest BCUT2D eigenvalue weighted by Crippen LogP contribution is -2.53. The van der Waals surface area contributed by atoms with Crippen LogP contribution in [0.15, 0.2) is 0 Å². The Labute approximate surface area is 89.4 Å². The van der Waals surface area contributed by atoms with Crippen molar-refractivity contribution in [2.24, 2.45) is 0 Å². The number of aliphatic carboxylic acids is 1. The van der Waals surface area contributed by atoms with Gasteiger partial charge in [-0.2, -0.15) is 0 Å². The van der Waals surface area contributed by atoms with Gasteiger partial charge >= 0.3 is 12.0 Å². The molecule has 15 heavy (non-hydrogen) atoms. The lowest BCUT2D eigenvalue weighted by atomic mass is 10.1. The second-order valence-electron chi connectivity index (χ2n) is 3.77. The zero-order valence-corrected chi connectivity index (χ0v) is 9.39. The summed E-state index contributed by atoms with van der Waals surface area (Å²) in [5, 5.41) is 16.6. The molecule has 88 valence electrons. The fourth-order valence-electron chi connectivity index (χ4n) is 0.849. The Morgan fingerprint density at radius 2 is 1.87 bits per heavy atom. The Morgan fingerprint density at radius 1 is 1.27 bits per heavy atom. The van der Waals surface area contributed by atoms with Crippen LogP contribution in [0.1, 0.15) is 20.3 Å². The van der Waals surface area contributed by atoms with E-state index in [1.165, 1.54) is 13.8 Å². The summed E-state index contributed by atoms with van der Waals surface area (Å²) in [4.78, 5) is 21.9. The third-order valence-corrected chi connectivity index (χ3v) is 1.85. The summed E-state index contributed by atoms with van der Waals surface area (Å²) in [6.07, 6.45) is 0.803. The predicted molar refractivity (Wildman–Crippen MR) is 56.8 cm³/mol. The highest BCUT2D eigenvalue weighted by molar-refractivity contribution is 5.85.